The number of H-pyrrole nitrogens is 1. The molecule has 0 spiro atoms. The standard InChI is InChI=1S/C20H24N2O6S/c1-13-18(15(3)23)14(2)21-19(13)20(24)28-12-16-5-4-6-17(11-16)29(25,26)22-7-9-27-10-8-22/h4-6,11,21H,7-10,12H2,1-3H3. The summed E-state index contributed by atoms with van der Waals surface area (Å²) in [5.74, 6) is -0.726. The van der Waals surface area contributed by atoms with Crippen molar-refractivity contribution in [3.8, 4) is 0 Å². The van der Waals surface area contributed by atoms with Crippen LogP contribution < -0.4 is 0 Å². The van der Waals surface area contributed by atoms with Gasteiger partial charge in [0.05, 0.1) is 18.1 Å². The zero-order valence-electron chi connectivity index (χ0n) is 16.6. The lowest BCUT2D eigenvalue weighted by Gasteiger charge is -2.26. The maximum Gasteiger partial charge on any atom is 0.355 e. The van der Waals surface area contributed by atoms with Gasteiger partial charge >= 0.3 is 5.97 Å². The molecule has 1 N–H and O–H groups in total. The number of esters is 1. The van der Waals surface area contributed by atoms with Crippen molar-refractivity contribution in [2.45, 2.75) is 32.3 Å². The Morgan fingerprint density at radius 3 is 2.52 bits per heavy atom. The maximum atomic E-state index is 12.8. The van der Waals surface area contributed by atoms with E-state index >= 15 is 0 Å². The molecule has 156 valence electrons. The Kier molecular flexibility index (Phi) is 6.21. The number of benzene rings is 1. The van der Waals surface area contributed by atoms with Gasteiger partial charge in [-0.1, -0.05) is 12.1 Å². The number of aromatic amines is 1. The number of rotatable bonds is 6. The Morgan fingerprint density at radius 2 is 1.90 bits per heavy atom. The number of nitrogens with one attached hydrogen (secondary N) is 1. The van der Waals surface area contributed by atoms with Crippen molar-refractivity contribution in [2.75, 3.05) is 26.3 Å². The van der Waals surface area contributed by atoms with E-state index in [9.17, 15) is 18.0 Å². The van der Waals surface area contributed by atoms with Crippen molar-refractivity contribution in [3.05, 3.63) is 52.3 Å². The largest absolute Gasteiger partial charge is 0.456 e. The number of ketones is 1. The lowest BCUT2D eigenvalue weighted by Crippen LogP contribution is -2.40. The minimum Gasteiger partial charge on any atom is -0.456 e. The third-order valence-electron chi connectivity index (χ3n) is 4.87. The van der Waals surface area contributed by atoms with Crippen LogP contribution in [0.25, 0.3) is 0 Å². The highest BCUT2D eigenvalue weighted by atomic mass is 32.2. The number of carbonyl (C=O) groups excluding carboxylic acids is 2. The highest BCUT2D eigenvalue weighted by Gasteiger charge is 2.26. The molecule has 29 heavy (non-hydrogen) atoms. The van der Waals surface area contributed by atoms with Gasteiger partial charge in [-0.05, 0) is 44.0 Å². The molecule has 2 heterocycles. The summed E-state index contributed by atoms with van der Waals surface area (Å²) in [5, 5.41) is 0. The molecule has 1 aliphatic rings. The van der Waals surface area contributed by atoms with Gasteiger partial charge in [-0.15, -0.1) is 0 Å². The lowest BCUT2D eigenvalue weighted by molar-refractivity contribution is 0.0465. The van der Waals surface area contributed by atoms with E-state index in [4.69, 9.17) is 9.47 Å². The molecule has 1 aliphatic heterocycles. The predicted molar refractivity (Wildman–Crippen MR) is 105 cm³/mol. The van der Waals surface area contributed by atoms with Crippen molar-refractivity contribution in [1.29, 1.82) is 0 Å². The first-order valence-corrected chi connectivity index (χ1v) is 10.7. The summed E-state index contributed by atoms with van der Waals surface area (Å²) in [5.41, 5.74) is 2.42. The number of nitrogens with zero attached hydrogens (tertiary/aromatic N) is 1. The number of morpholine rings is 1. The van der Waals surface area contributed by atoms with E-state index in [0.717, 1.165) is 0 Å². The number of Topliss-reactive ketones (excluding diaryl/α,β-unsaturated/α-hetero) is 1. The van der Waals surface area contributed by atoms with E-state index in [1.54, 1.807) is 26.0 Å². The molecule has 8 nitrogen and oxygen atoms in total. The number of ether oxygens (including phenoxy) is 2. The first-order chi connectivity index (χ1) is 13.7. The Balaban J connectivity index is 1.74. The van der Waals surface area contributed by atoms with Crippen LogP contribution >= 0.6 is 0 Å². The van der Waals surface area contributed by atoms with Crippen LogP contribution in [-0.4, -0.2) is 55.8 Å². The van der Waals surface area contributed by atoms with Crippen molar-refractivity contribution in [3.63, 3.8) is 0 Å². The Bertz CT molecular complexity index is 1040. The summed E-state index contributed by atoms with van der Waals surface area (Å²) >= 11 is 0. The highest BCUT2D eigenvalue weighted by Crippen LogP contribution is 2.21. The Morgan fingerprint density at radius 1 is 1.21 bits per heavy atom. The van der Waals surface area contributed by atoms with Gasteiger partial charge in [0.1, 0.15) is 12.3 Å². The predicted octanol–water partition coefficient (Wildman–Crippen LogP) is 2.21. The number of hydrogen-bond acceptors (Lipinski definition) is 6. The summed E-state index contributed by atoms with van der Waals surface area (Å²) in [6, 6.07) is 6.34. The van der Waals surface area contributed by atoms with Gasteiger partial charge < -0.3 is 14.5 Å². The molecule has 9 heteroatoms. The second kappa shape index (κ2) is 8.48. The third-order valence-corrected chi connectivity index (χ3v) is 6.76. The third kappa shape index (κ3) is 4.42. The average molecular weight is 420 g/mol. The van der Waals surface area contributed by atoms with E-state index in [1.807, 2.05) is 0 Å². The minimum absolute atomic E-state index is 0.0851. The molecule has 3 rings (SSSR count). The van der Waals surface area contributed by atoms with E-state index in [2.05, 4.69) is 4.98 Å². The number of carbonyl (C=O) groups is 2. The number of hydrogen-bond donors (Lipinski definition) is 1. The summed E-state index contributed by atoms with van der Waals surface area (Å²) in [4.78, 5) is 27.2. The van der Waals surface area contributed by atoms with Crippen LogP contribution in [0.15, 0.2) is 29.2 Å². The molecule has 0 unspecified atom stereocenters. The topological polar surface area (TPSA) is 106 Å². The van der Waals surface area contributed by atoms with Gasteiger partial charge in [-0.25, -0.2) is 13.2 Å². The molecular weight excluding hydrogens is 396 g/mol. The second-order valence-corrected chi connectivity index (χ2v) is 8.86. The lowest BCUT2D eigenvalue weighted by atomic mass is 10.1. The van der Waals surface area contributed by atoms with E-state index in [1.165, 1.54) is 23.4 Å². The molecular formula is C20H24N2O6S. The summed E-state index contributed by atoms with van der Waals surface area (Å²) in [6.07, 6.45) is 0. The molecule has 1 aromatic carbocycles. The van der Waals surface area contributed by atoms with Crippen molar-refractivity contribution in [1.82, 2.24) is 9.29 Å². The van der Waals surface area contributed by atoms with Gasteiger partial charge in [0.2, 0.25) is 10.0 Å². The van der Waals surface area contributed by atoms with E-state index in [-0.39, 0.29) is 23.0 Å². The van der Waals surface area contributed by atoms with Gasteiger partial charge in [-0.2, -0.15) is 4.31 Å². The summed E-state index contributed by atoms with van der Waals surface area (Å²) < 4.78 is 37.5. The number of sulfonamides is 1. The van der Waals surface area contributed by atoms with Crippen molar-refractivity contribution >= 4 is 21.8 Å². The molecule has 0 bridgehead atoms. The van der Waals surface area contributed by atoms with Crippen LogP contribution in [-0.2, 0) is 26.1 Å². The van der Waals surface area contributed by atoms with Gasteiger partial charge in [0, 0.05) is 24.3 Å². The summed E-state index contributed by atoms with van der Waals surface area (Å²) in [6.45, 7) is 6.13. The van der Waals surface area contributed by atoms with Crippen LogP contribution in [0.1, 0.15) is 44.6 Å². The quantitative estimate of drug-likeness (QED) is 0.567. The first-order valence-electron chi connectivity index (χ1n) is 9.26. The minimum atomic E-state index is -3.62. The van der Waals surface area contributed by atoms with E-state index < -0.39 is 16.0 Å². The first kappa shape index (κ1) is 21.2. The highest BCUT2D eigenvalue weighted by molar-refractivity contribution is 7.89. The molecule has 2 aromatic rings. The van der Waals surface area contributed by atoms with E-state index in [0.29, 0.717) is 48.7 Å². The second-order valence-electron chi connectivity index (χ2n) is 6.92. The Labute approximate surface area is 169 Å². The van der Waals surface area contributed by atoms with Gasteiger partial charge in [0.15, 0.2) is 5.78 Å². The Hall–Kier alpha value is -2.49. The summed E-state index contributed by atoms with van der Waals surface area (Å²) in [7, 11) is -3.62. The monoisotopic (exact) mass is 420 g/mol. The smallest absolute Gasteiger partial charge is 0.355 e. The fourth-order valence-corrected chi connectivity index (χ4v) is 4.91. The van der Waals surface area contributed by atoms with Crippen LogP contribution in [0.2, 0.25) is 0 Å². The van der Waals surface area contributed by atoms with Crippen molar-refractivity contribution < 1.29 is 27.5 Å². The number of aryl methyl sites for hydroxylation is 1. The normalized spacial score (nSPS) is 15.3. The zero-order chi connectivity index (χ0) is 21.2. The fourth-order valence-electron chi connectivity index (χ4n) is 3.44. The maximum absolute atomic E-state index is 12.8. The van der Waals surface area contributed by atoms with Gasteiger partial charge in [-0.3, -0.25) is 4.79 Å². The molecule has 1 aromatic heterocycles. The SMILES string of the molecule is CC(=O)c1c(C)[nH]c(C(=O)OCc2cccc(S(=O)(=O)N3CCOCC3)c2)c1C. The molecule has 0 aliphatic carbocycles. The van der Waals surface area contributed by atoms with Crippen molar-refractivity contribution in [2.24, 2.45) is 0 Å². The zero-order valence-corrected chi connectivity index (χ0v) is 17.5. The average Bonchev–Trinajstić information content (AvgIpc) is 3.01. The van der Waals surface area contributed by atoms with Gasteiger partial charge in [0.25, 0.3) is 0 Å². The molecule has 0 radical (unpaired) electrons. The van der Waals surface area contributed by atoms with Crippen LogP contribution in [0.3, 0.4) is 0 Å². The molecule has 1 saturated heterocycles. The molecule has 1 fully saturated rings. The van der Waals surface area contributed by atoms with Crippen LogP contribution in [0, 0.1) is 13.8 Å². The molecule has 0 atom stereocenters. The molecule has 0 amide bonds. The fraction of sp³-hybridized carbons (Fsp3) is 0.400. The number of aromatic nitrogens is 1. The molecule has 0 saturated carbocycles. The van der Waals surface area contributed by atoms with Crippen LogP contribution in [0.4, 0.5) is 0 Å². The van der Waals surface area contributed by atoms with Crippen LogP contribution in [0.5, 0.6) is 0 Å².